The third-order valence-electron chi connectivity index (χ3n) is 5.11. The first kappa shape index (κ1) is 14.7. The summed E-state index contributed by atoms with van der Waals surface area (Å²) in [5.41, 5.74) is 7.52. The molecule has 1 aromatic heterocycles. The normalized spacial score (nSPS) is 23.6. The number of nitrogens with two attached hydrogens (primary N) is 1. The van der Waals surface area contributed by atoms with E-state index in [1.807, 2.05) is 12.1 Å². The Kier molecular flexibility index (Phi) is 3.79. The van der Waals surface area contributed by atoms with Crippen molar-refractivity contribution in [3.05, 3.63) is 29.6 Å². The van der Waals surface area contributed by atoms with Crippen molar-refractivity contribution < 1.29 is 9.53 Å². The van der Waals surface area contributed by atoms with Gasteiger partial charge in [0.15, 0.2) is 0 Å². The first-order chi connectivity index (χ1) is 11.2. The Balaban J connectivity index is 1.55. The van der Waals surface area contributed by atoms with Crippen LogP contribution < -0.4 is 5.73 Å². The van der Waals surface area contributed by atoms with Gasteiger partial charge in [0.2, 0.25) is 0 Å². The summed E-state index contributed by atoms with van der Waals surface area (Å²) in [6.07, 6.45) is 3.35. The molecule has 2 saturated heterocycles. The van der Waals surface area contributed by atoms with E-state index < -0.39 is 5.91 Å². The van der Waals surface area contributed by atoms with Gasteiger partial charge >= 0.3 is 0 Å². The predicted octanol–water partition coefficient (Wildman–Crippen LogP) is 1.63. The molecule has 6 heteroatoms. The predicted molar refractivity (Wildman–Crippen MR) is 87.4 cm³/mol. The molecule has 3 N–H and O–H groups in total. The van der Waals surface area contributed by atoms with Crippen LogP contribution in [0.25, 0.3) is 11.0 Å². The van der Waals surface area contributed by atoms with Gasteiger partial charge < -0.3 is 15.5 Å². The number of amides is 1. The fourth-order valence-electron chi connectivity index (χ4n) is 3.84. The molecular weight excluding hydrogens is 292 g/mol. The molecule has 0 unspecified atom stereocenters. The first-order valence-corrected chi connectivity index (χ1v) is 8.32. The van der Waals surface area contributed by atoms with Gasteiger partial charge in [-0.25, -0.2) is 4.98 Å². The maximum Gasteiger partial charge on any atom is 0.250 e. The van der Waals surface area contributed by atoms with Crippen LogP contribution >= 0.6 is 0 Å². The van der Waals surface area contributed by atoms with E-state index in [4.69, 9.17) is 10.5 Å². The number of rotatable bonds is 3. The quantitative estimate of drug-likeness (QED) is 0.902. The van der Waals surface area contributed by atoms with E-state index in [0.717, 1.165) is 56.9 Å². The van der Waals surface area contributed by atoms with Gasteiger partial charge in [0.25, 0.3) is 5.91 Å². The lowest BCUT2D eigenvalue weighted by molar-refractivity contribution is 0.0419. The third kappa shape index (κ3) is 2.72. The topological polar surface area (TPSA) is 84.2 Å². The highest BCUT2D eigenvalue weighted by molar-refractivity contribution is 6.04. The fourth-order valence-corrected chi connectivity index (χ4v) is 3.84. The number of likely N-dealkylation sites (tertiary alicyclic amines) is 1. The number of ether oxygens (including phenoxy) is 1. The lowest BCUT2D eigenvalue weighted by Gasteiger charge is -2.30. The number of imidazole rings is 1. The molecule has 1 atom stereocenters. The van der Waals surface area contributed by atoms with Gasteiger partial charge in [-0.2, -0.15) is 0 Å². The number of aromatic nitrogens is 2. The van der Waals surface area contributed by atoms with Crippen molar-refractivity contribution >= 4 is 16.9 Å². The van der Waals surface area contributed by atoms with Crippen LogP contribution in [0, 0.1) is 0 Å². The molecule has 1 amide bonds. The summed E-state index contributed by atoms with van der Waals surface area (Å²) in [6.45, 7) is 3.88. The summed E-state index contributed by atoms with van der Waals surface area (Å²) >= 11 is 0. The zero-order valence-corrected chi connectivity index (χ0v) is 13.1. The molecule has 122 valence electrons. The van der Waals surface area contributed by atoms with E-state index in [2.05, 4.69) is 14.9 Å². The summed E-state index contributed by atoms with van der Waals surface area (Å²) in [4.78, 5) is 22.2. The van der Waals surface area contributed by atoms with Crippen LogP contribution in [-0.4, -0.2) is 53.1 Å². The van der Waals surface area contributed by atoms with Crippen molar-refractivity contribution in [1.29, 1.82) is 0 Å². The number of nitrogens with one attached hydrogen (secondary N) is 1. The van der Waals surface area contributed by atoms with Crippen LogP contribution in [0.2, 0.25) is 0 Å². The second kappa shape index (κ2) is 5.94. The zero-order valence-electron chi connectivity index (χ0n) is 13.1. The van der Waals surface area contributed by atoms with Crippen LogP contribution in [0.4, 0.5) is 0 Å². The SMILES string of the molecule is NC(=O)c1cccc2[nH]c([C@H]3CCN(C4CCOCC4)C3)nc12. The number of fused-ring (bicyclic) bond motifs is 1. The van der Waals surface area contributed by atoms with Crippen molar-refractivity contribution in [1.82, 2.24) is 14.9 Å². The van der Waals surface area contributed by atoms with Crippen LogP contribution in [-0.2, 0) is 4.74 Å². The fraction of sp³-hybridized carbons (Fsp3) is 0.529. The standard InChI is InChI=1S/C17H22N4O2/c18-16(22)13-2-1-3-14-15(13)20-17(19-14)11-4-7-21(10-11)12-5-8-23-9-6-12/h1-3,11-12H,4-10H2,(H2,18,22)(H,19,20)/t11-/m0/s1. The molecule has 1 aromatic carbocycles. The molecule has 0 spiro atoms. The Labute approximate surface area is 135 Å². The lowest BCUT2D eigenvalue weighted by atomic mass is 10.1. The lowest BCUT2D eigenvalue weighted by Crippen LogP contribution is -2.37. The van der Waals surface area contributed by atoms with Gasteiger partial charge in [0.1, 0.15) is 11.3 Å². The van der Waals surface area contributed by atoms with E-state index in [1.165, 1.54) is 0 Å². The summed E-state index contributed by atoms with van der Waals surface area (Å²) in [7, 11) is 0. The van der Waals surface area contributed by atoms with Crippen molar-refractivity contribution in [3.8, 4) is 0 Å². The molecule has 2 fully saturated rings. The maximum absolute atomic E-state index is 11.6. The van der Waals surface area contributed by atoms with Crippen LogP contribution in [0.5, 0.6) is 0 Å². The molecule has 2 aliphatic rings. The highest BCUT2D eigenvalue weighted by Crippen LogP contribution is 2.30. The molecule has 23 heavy (non-hydrogen) atoms. The Morgan fingerprint density at radius 2 is 2.13 bits per heavy atom. The zero-order chi connectivity index (χ0) is 15.8. The van der Waals surface area contributed by atoms with Crippen LogP contribution in [0.3, 0.4) is 0 Å². The van der Waals surface area contributed by atoms with E-state index in [-0.39, 0.29) is 0 Å². The van der Waals surface area contributed by atoms with Crippen molar-refractivity contribution in [2.75, 3.05) is 26.3 Å². The van der Waals surface area contributed by atoms with Crippen LogP contribution in [0.1, 0.15) is 41.4 Å². The minimum absolute atomic E-state index is 0.394. The monoisotopic (exact) mass is 314 g/mol. The molecule has 0 bridgehead atoms. The molecule has 6 nitrogen and oxygen atoms in total. The second-order valence-corrected chi connectivity index (χ2v) is 6.51. The number of H-pyrrole nitrogens is 1. The van der Waals surface area contributed by atoms with Gasteiger partial charge in [-0.1, -0.05) is 6.07 Å². The number of nitrogens with zero attached hydrogens (tertiary/aromatic N) is 2. The van der Waals surface area contributed by atoms with E-state index in [0.29, 0.717) is 23.0 Å². The van der Waals surface area contributed by atoms with Crippen molar-refractivity contribution in [2.24, 2.45) is 5.73 Å². The number of carbonyl (C=O) groups excluding carboxylic acids is 1. The minimum atomic E-state index is -0.427. The summed E-state index contributed by atoms with van der Waals surface area (Å²) < 4.78 is 5.46. The Morgan fingerprint density at radius 3 is 2.91 bits per heavy atom. The molecule has 3 heterocycles. The van der Waals surface area contributed by atoms with Gasteiger partial charge in [-0.05, 0) is 37.9 Å². The smallest absolute Gasteiger partial charge is 0.250 e. The Hall–Kier alpha value is -1.92. The summed E-state index contributed by atoms with van der Waals surface area (Å²) in [6, 6.07) is 6.16. The highest BCUT2D eigenvalue weighted by Gasteiger charge is 2.31. The molecule has 2 aliphatic heterocycles. The average Bonchev–Trinajstić information content (AvgIpc) is 3.21. The number of benzene rings is 1. The number of carbonyl (C=O) groups is 1. The maximum atomic E-state index is 11.6. The van der Waals surface area contributed by atoms with E-state index in [9.17, 15) is 4.79 Å². The Bertz CT molecular complexity index is 720. The Morgan fingerprint density at radius 1 is 1.30 bits per heavy atom. The third-order valence-corrected chi connectivity index (χ3v) is 5.11. The first-order valence-electron chi connectivity index (χ1n) is 8.32. The summed E-state index contributed by atoms with van der Waals surface area (Å²) in [5.74, 6) is 0.943. The van der Waals surface area contributed by atoms with E-state index in [1.54, 1.807) is 6.07 Å². The number of hydrogen-bond donors (Lipinski definition) is 2. The number of aromatic amines is 1. The van der Waals surface area contributed by atoms with Crippen LogP contribution in [0.15, 0.2) is 18.2 Å². The van der Waals surface area contributed by atoms with Crippen molar-refractivity contribution in [2.45, 2.75) is 31.2 Å². The number of hydrogen-bond acceptors (Lipinski definition) is 4. The largest absolute Gasteiger partial charge is 0.381 e. The molecule has 0 aliphatic carbocycles. The second-order valence-electron chi connectivity index (χ2n) is 6.51. The average molecular weight is 314 g/mol. The van der Waals surface area contributed by atoms with Gasteiger partial charge in [0, 0.05) is 31.7 Å². The molecule has 0 saturated carbocycles. The summed E-state index contributed by atoms with van der Waals surface area (Å²) in [5, 5.41) is 0. The minimum Gasteiger partial charge on any atom is -0.381 e. The van der Waals surface area contributed by atoms with Gasteiger partial charge in [-0.15, -0.1) is 0 Å². The molecule has 0 radical (unpaired) electrons. The van der Waals surface area contributed by atoms with Crippen molar-refractivity contribution in [3.63, 3.8) is 0 Å². The highest BCUT2D eigenvalue weighted by atomic mass is 16.5. The van der Waals surface area contributed by atoms with Gasteiger partial charge in [0.05, 0.1) is 11.1 Å². The molecular formula is C17H22N4O2. The van der Waals surface area contributed by atoms with E-state index >= 15 is 0 Å². The molecule has 2 aromatic rings. The number of para-hydroxylation sites is 1. The number of primary amides is 1. The molecule has 4 rings (SSSR count). The van der Waals surface area contributed by atoms with Gasteiger partial charge in [-0.3, -0.25) is 9.69 Å².